The minimum absolute atomic E-state index is 0.231. The van der Waals surface area contributed by atoms with Gasteiger partial charge in [0.2, 0.25) is 0 Å². The van der Waals surface area contributed by atoms with E-state index in [2.05, 4.69) is 4.99 Å². The van der Waals surface area contributed by atoms with Crippen LogP contribution in [0.4, 0.5) is 4.39 Å². The van der Waals surface area contributed by atoms with Crippen molar-refractivity contribution in [1.29, 1.82) is 0 Å². The maximum atomic E-state index is 14.2. The van der Waals surface area contributed by atoms with Gasteiger partial charge in [-0.2, -0.15) is 0 Å². The molecule has 2 heterocycles. The van der Waals surface area contributed by atoms with Gasteiger partial charge in [0.15, 0.2) is 16.3 Å². The summed E-state index contributed by atoms with van der Waals surface area (Å²) in [5.41, 5.74) is 1.17. The van der Waals surface area contributed by atoms with Crippen LogP contribution in [0.3, 0.4) is 0 Å². The number of carbonyl (C=O) groups excluding carboxylic acids is 1. The first-order chi connectivity index (χ1) is 15.9. The summed E-state index contributed by atoms with van der Waals surface area (Å²) in [6.45, 7) is 1.69. The highest BCUT2D eigenvalue weighted by atomic mass is 32.1. The van der Waals surface area contributed by atoms with E-state index in [0.29, 0.717) is 32.1 Å². The predicted octanol–water partition coefficient (Wildman–Crippen LogP) is 2.56. The van der Waals surface area contributed by atoms with E-state index >= 15 is 0 Å². The van der Waals surface area contributed by atoms with E-state index in [9.17, 15) is 14.0 Å². The van der Waals surface area contributed by atoms with Crippen molar-refractivity contribution in [3.05, 3.63) is 90.4 Å². The van der Waals surface area contributed by atoms with E-state index in [1.807, 2.05) is 0 Å². The van der Waals surface area contributed by atoms with Gasteiger partial charge in [-0.15, -0.1) is 0 Å². The Morgan fingerprint density at radius 1 is 1.12 bits per heavy atom. The van der Waals surface area contributed by atoms with E-state index in [0.717, 1.165) is 11.3 Å². The molecular formula is C24H21FN2O5S. The molecule has 33 heavy (non-hydrogen) atoms. The molecule has 1 atom stereocenters. The Morgan fingerprint density at radius 2 is 1.85 bits per heavy atom. The van der Waals surface area contributed by atoms with Crippen LogP contribution in [-0.2, 0) is 9.53 Å². The van der Waals surface area contributed by atoms with Crippen molar-refractivity contribution in [3.63, 3.8) is 0 Å². The number of benzene rings is 2. The van der Waals surface area contributed by atoms with E-state index in [1.54, 1.807) is 43.3 Å². The zero-order valence-electron chi connectivity index (χ0n) is 18.4. The molecule has 0 unspecified atom stereocenters. The fraction of sp³-hybridized carbons (Fsp3) is 0.208. The molecule has 0 fully saturated rings. The van der Waals surface area contributed by atoms with Gasteiger partial charge in [0.25, 0.3) is 5.56 Å². The third-order valence-corrected chi connectivity index (χ3v) is 6.33. The van der Waals surface area contributed by atoms with Gasteiger partial charge in [0, 0.05) is 5.56 Å². The normalized spacial score (nSPS) is 15.7. The van der Waals surface area contributed by atoms with Gasteiger partial charge >= 0.3 is 5.97 Å². The molecule has 1 aliphatic heterocycles. The number of aromatic nitrogens is 1. The first kappa shape index (κ1) is 22.5. The molecule has 0 N–H and O–H groups in total. The second-order valence-corrected chi connectivity index (χ2v) is 8.22. The molecule has 0 spiro atoms. The molecule has 2 aromatic carbocycles. The van der Waals surface area contributed by atoms with Crippen LogP contribution in [-0.4, -0.2) is 31.9 Å². The van der Waals surface area contributed by atoms with Gasteiger partial charge in [-0.05, 0) is 36.8 Å². The molecule has 1 aromatic heterocycles. The highest BCUT2D eigenvalue weighted by molar-refractivity contribution is 7.07. The number of halogens is 1. The Balaban J connectivity index is 2.00. The lowest BCUT2D eigenvalue weighted by Crippen LogP contribution is -2.39. The van der Waals surface area contributed by atoms with Gasteiger partial charge < -0.3 is 14.2 Å². The summed E-state index contributed by atoms with van der Waals surface area (Å²) >= 11 is 1.13. The van der Waals surface area contributed by atoms with Crippen LogP contribution in [0.1, 0.15) is 24.1 Å². The number of allylic oxidation sites excluding steroid dienone is 1. The Morgan fingerprint density at radius 3 is 2.52 bits per heavy atom. The lowest BCUT2D eigenvalue weighted by molar-refractivity contribution is -0.136. The highest BCUT2D eigenvalue weighted by Gasteiger charge is 2.33. The van der Waals surface area contributed by atoms with Crippen LogP contribution in [0.2, 0.25) is 0 Å². The van der Waals surface area contributed by atoms with Crippen LogP contribution in [0.15, 0.2) is 63.5 Å². The second kappa shape index (κ2) is 9.03. The largest absolute Gasteiger partial charge is 0.493 e. The zero-order chi connectivity index (χ0) is 23.7. The average Bonchev–Trinajstić information content (AvgIpc) is 3.13. The third-order valence-electron chi connectivity index (χ3n) is 5.34. The van der Waals surface area contributed by atoms with Gasteiger partial charge in [-0.1, -0.05) is 35.6 Å². The molecule has 4 rings (SSSR count). The van der Waals surface area contributed by atoms with Gasteiger partial charge in [0.05, 0.1) is 43.2 Å². The topological polar surface area (TPSA) is 79.1 Å². The second-order valence-electron chi connectivity index (χ2n) is 7.21. The minimum Gasteiger partial charge on any atom is -0.493 e. The van der Waals surface area contributed by atoms with Crippen molar-refractivity contribution in [2.24, 2.45) is 4.99 Å². The quantitative estimate of drug-likeness (QED) is 0.538. The molecular weight excluding hydrogens is 447 g/mol. The molecule has 170 valence electrons. The lowest BCUT2D eigenvalue weighted by atomic mass is 9.95. The number of esters is 1. The fourth-order valence-corrected chi connectivity index (χ4v) is 4.80. The summed E-state index contributed by atoms with van der Waals surface area (Å²) in [7, 11) is 4.30. The number of methoxy groups -OCH3 is 3. The van der Waals surface area contributed by atoms with Crippen LogP contribution in [0, 0.1) is 5.82 Å². The summed E-state index contributed by atoms with van der Waals surface area (Å²) in [5, 5.41) is 0. The van der Waals surface area contributed by atoms with Crippen molar-refractivity contribution in [2.45, 2.75) is 13.0 Å². The standard InChI is InChI=1S/C24H21FN2O5S/c1-13-20(23(29)32-4)21(15-9-10-17(30-2)18(11-15)31-3)27-22(28)19(33-24(27)26-13)12-14-7-5-6-8-16(14)25/h5-12,21H,1-4H3/b19-12+/t21-/m0/s1. The molecule has 0 amide bonds. The summed E-state index contributed by atoms with van der Waals surface area (Å²) in [6, 6.07) is 10.5. The smallest absolute Gasteiger partial charge is 0.338 e. The summed E-state index contributed by atoms with van der Waals surface area (Å²) in [6.07, 6.45) is 1.49. The molecule has 1 aliphatic rings. The molecule has 0 aliphatic carbocycles. The number of hydrogen-bond acceptors (Lipinski definition) is 7. The van der Waals surface area contributed by atoms with Gasteiger partial charge in [-0.3, -0.25) is 9.36 Å². The summed E-state index contributed by atoms with van der Waals surface area (Å²) < 4.78 is 31.7. The first-order valence-electron chi connectivity index (χ1n) is 9.97. The number of fused-ring (bicyclic) bond motifs is 1. The highest BCUT2D eigenvalue weighted by Crippen LogP contribution is 2.35. The number of rotatable bonds is 5. The van der Waals surface area contributed by atoms with Crippen LogP contribution in [0.25, 0.3) is 6.08 Å². The van der Waals surface area contributed by atoms with Crippen molar-refractivity contribution in [1.82, 2.24) is 4.57 Å². The van der Waals surface area contributed by atoms with E-state index in [-0.39, 0.29) is 11.1 Å². The van der Waals surface area contributed by atoms with Gasteiger partial charge in [-0.25, -0.2) is 14.2 Å². The lowest BCUT2D eigenvalue weighted by Gasteiger charge is -2.25. The maximum absolute atomic E-state index is 14.2. The predicted molar refractivity (Wildman–Crippen MR) is 122 cm³/mol. The molecule has 7 nitrogen and oxygen atoms in total. The van der Waals surface area contributed by atoms with E-state index < -0.39 is 23.4 Å². The van der Waals surface area contributed by atoms with Crippen molar-refractivity contribution >= 4 is 23.4 Å². The van der Waals surface area contributed by atoms with Gasteiger partial charge in [0.1, 0.15) is 5.82 Å². The van der Waals surface area contributed by atoms with Crippen LogP contribution in [0.5, 0.6) is 11.5 Å². The SMILES string of the molecule is COC(=O)C1=C(C)N=c2s/c(=C/c3ccccc3F)c(=O)n2[C@H]1c1ccc(OC)c(OC)c1. The molecule has 0 radical (unpaired) electrons. The number of nitrogens with zero attached hydrogens (tertiary/aromatic N) is 2. The maximum Gasteiger partial charge on any atom is 0.338 e. The number of carbonyl (C=O) groups is 1. The molecule has 0 bridgehead atoms. The number of thiazole rings is 1. The molecule has 3 aromatic rings. The Labute approximate surface area is 192 Å². The third kappa shape index (κ3) is 3.95. The summed E-state index contributed by atoms with van der Waals surface area (Å²) in [4.78, 5) is 31.1. The van der Waals surface area contributed by atoms with E-state index in [1.165, 1.54) is 38.0 Å². The van der Waals surface area contributed by atoms with Crippen molar-refractivity contribution in [2.75, 3.05) is 21.3 Å². The zero-order valence-corrected chi connectivity index (χ0v) is 19.2. The molecule has 9 heteroatoms. The molecule has 0 saturated heterocycles. The van der Waals surface area contributed by atoms with E-state index in [4.69, 9.17) is 14.2 Å². The van der Waals surface area contributed by atoms with Crippen molar-refractivity contribution in [3.8, 4) is 11.5 Å². The monoisotopic (exact) mass is 468 g/mol. The Kier molecular flexibility index (Phi) is 6.15. The fourth-order valence-electron chi connectivity index (χ4n) is 3.76. The number of hydrogen-bond donors (Lipinski definition) is 0. The van der Waals surface area contributed by atoms with Crippen LogP contribution >= 0.6 is 11.3 Å². The number of ether oxygens (including phenoxy) is 3. The first-order valence-corrected chi connectivity index (χ1v) is 10.8. The Hall–Kier alpha value is -3.72. The molecule has 0 saturated carbocycles. The Bertz CT molecular complexity index is 1450. The van der Waals surface area contributed by atoms with Crippen LogP contribution < -0.4 is 24.4 Å². The van der Waals surface area contributed by atoms with Crippen molar-refractivity contribution < 1.29 is 23.4 Å². The summed E-state index contributed by atoms with van der Waals surface area (Å²) in [5.74, 6) is -0.0819. The minimum atomic E-state index is -0.809. The average molecular weight is 469 g/mol.